The summed E-state index contributed by atoms with van der Waals surface area (Å²) in [6, 6.07) is 0. The van der Waals surface area contributed by atoms with Gasteiger partial charge in [-0.3, -0.25) is 0 Å². The minimum atomic E-state index is 1.19. The number of halogens is 1. The minimum Gasteiger partial charge on any atom is -0.0831 e. The molecular weight excluding hydrogens is 144 g/mol. The molecule has 0 spiro atoms. The molecule has 0 saturated heterocycles. The summed E-state index contributed by atoms with van der Waals surface area (Å²) in [6.45, 7) is 0. The van der Waals surface area contributed by atoms with Crippen LogP contribution in [0.15, 0.2) is 22.6 Å². The van der Waals surface area contributed by atoms with E-state index in [9.17, 15) is 0 Å². The highest BCUT2D eigenvalue weighted by atomic mass is 35.5. The first-order valence-electron chi connectivity index (χ1n) is 3.71. The predicted octanol–water partition coefficient (Wildman–Crippen LogP) is 3.38. The number of rotatable bonds is 0. The first kappa shape index (κ1) is 7.69. The summed E-state index contributed by atoms with van der Waals surface area (Å²) in [7, 11) is 0. The van der Waals surface area contributed by atoms with Crippen molar-refractivity contribution in [1.82, 2.24) is 0 Å². The van der Waals surface area contributed by atoms with E-state index in [1.165, 1.54) is 43.2 Å². The summed E-state index contributed by atoms with van der Waals surface area (Å²) >= 11 is 5.31. The van der Waals surface area contributed by atoms with Crippen molar-refractivity contribution in [3.63, 3.8) is 0 Å². The molecule has 0 bridgehead atoms. The lowest BCUT2D eigenvalue weighted by Crippen LogP contribution is -1.91. The molecule has 0 aromatic rings. The van der Waals surface area contributed by atoms with Crippen LogP contribution in [0, 0.1) is 0 Å². The van der Waals surface area contributed by atoms with Crippen molar-refractivity contribution in [2.24, 2.45) is 0 Å². The van der Waals surface area contributed by atoms with E-state index in [0.717, 1.165) is 0 Å². The molecule has 1 aliphatic carbocycles. The largest absolute Gasteiger partial charge is 0.0831 e. The van der Waals surface area contributed by atoms with E-state index in [2.05, 4.69) is 11.5 Å². The topological polar surface area (TPSA) is 0 Å². The molecule has 0 aromatic carbocycles. The molecule has 0 aromatic heterocycles. The summed E-state index contributed by atoms with van der Waals surface area (Å²) in [5, 5.41) is 0. The van der Waals surface area contributed by atoms with Crippen LogP contribution in [0.25, 0.3) is 0 Å². The van der Waals surface area contributed by atoms with E-state index in [0.29, 0.717) is 0 Å². The van der Waals surface area contributed by atoms with Crippen LogP contribution < -0.4 is 0 Å². The zero-order valence-electron chi connectivity index (χ0n) is 5.99. The van der Waals surface area contributed by atoms with E-state index >= 15 is 0 Å². The van der Waals surface area contributed by atoms with Crippen molar-refractivity contribution in [2.45, 2.75) is 32.1 Å². The molecule has 0 heterocycles. The molecule has 0 unspecified atom stereocenters. The van der Waals surface area contributed by atoms with Gasteiger partial charge in [0.25, 0.3) is 0 Å². The van der Waals surface area contributed by atoms with Crippen LogP contribution in [0.3, 0.4) is 0 Å². The molecule has 1 saturated carbocycles. The van der Waals surface area contributed by atoms with E-state index in [1.807, 2.05) is 0 Å². The van der Waals surface area contributed by atoms with Crippen LogP contribution in [-0.4, -0.2) is 0 Å². The third-order valence-electron chi connectivity index (χ3n) is 1.76. The maximum Gasteiger partial charge on any atom is 0.0546 e. The van der Waals surface area contributed by atoms with Gasteiger partial charge in [-0.25, -0.2) is 0 Å². The van der Waals surface area contributed by atoms with Crippen molar-refractivity contribution in [3.8, 4) is 0 Å². The molecule has 0 N–H and O–H groups in total. The quantitative estimate of drug-likeness (QED) is 0.470. The Balaban J connectivity index is 2.62. The maximum absolute atomic E-state index is 5.31. The molecule has 1 fully saturated rings. The fourth-order valence-electron chi connectivity index (χ4n) is 1.23. The molecule has 0 radical (unpaired) electrons. The minimum absolute atomic E-state index is 1.19. The second kappa shape index (κ2) is 4.41. The van der Waals surface area contributed by atoms with Gasteiger partial charge in [-0.15, -0.1) is 0 Å². The summed E-state index contributed by atoms with van der Waals surface area (Å²) in [5.41, 5.74) is 8.59. The van der Waals surface area contributed by atoms with Gasteiger partial charge in [-0.05, 0) is 31.3 Å². The highest BCUT2D eigenvalue weighted by molar-refractivity contribution is 6.25. The van der Waals surface area contributed by atoms with Crippen molar-refractivity contribution in [1.29, 1.82) is 0 Å². The third kappa shape index (κ3) is 2.45. The Hall–Kier alpha value is -0.410. The Morgan fingerprint density at radius 1 is 1.20 bits per heavy atom. The van der Waals surface area contributed by atoms with Crippen LogP contribution in [0.2, 0.25) is 0 Å². The van der Waals surface area contributed by atoms with Gasteiger partial charge in [0.15, 0.2) is 0 Å². The van der Waals surface area contributed by atoms with Gasteiger partial charge in [0.2, 0.25) is 0 Å². The third-order valence-corrected chi connectivity index (χ3v) is 1.87. The molecule has 0 amide bonds. The Morgan fingerprint density at radius 3 is 2.50 bits per heavy atom. The van der Waals surface area contributed by atoms with E-state index in [4.69, 9.17) is 11.6 Å². The summed E-state index contributed by atoms with van der Waals surface area (Å²) < 4.78 is 0. The normalized spacial score (nSPS) is 17.5. The van der Waals surface area contributed by atoms with Gasteiger partial charge in [0.05, 0.1) is 5.54 Å². The van der Waals surface area contributed by atoms with Crippen molar-refractivity contribution in [3.05, 3.63) is 22.6 Å². The summed E-state index contributed by atoms with van der Waals surface area (Å²) in [4.78, 5) is 0. The molecule has 0 atom stereocenters. The van der Waals surface area contributed by atoms with Crippen molar-refractivity contribution >= 4 is 11.6 Å². The van der Waals surface area contributed by atoms with Gasteiger partial charge < -0.3 is 0 Å². The molecule has 10 heavy (non-hydrogen) atoms. The molecule has 1 aliphatic rings. The lowest BCUT2D eigenvalue weighted by Gasteiger charge is -2.09. The smallest absolute Gasteiger partial charge is 0.0546 e. The first-order chi connectivity index (χ1) is 4.93. The van der Waals surface area contributed by atoms with Crippen LogP contribution in [0.4, 0.5) is 0 Å². The molecule has 54 valence electrons. The predicted molar refractivity (Wildman–Crippen MR) is 44.0 cm³/mol. The Bertz CT molecular complexity index is 183. The first-order valence-corrected chi connectivity index (χ1v) is 4.15. The van der Waals surface area contributed by atoms with Crippen LogP contribution in [0.1, 0.15) is 32.1 Å². The Kier molecular flexibility index (Phi) is 3.40. The second-order valence-corrected chi connectivity index (χ2v) is 2.76. The molecule has 1 rings (SSSR count). The summed E-state index contributed by atoms with van der Waals surface area (Å²) in [6.07, 6.45) is 6.38. The number of hydrogen-bond acceptors (Lipinski definition) is 0. The number of hydrogen-bond donors (Lipinski definition) is 0. The zero-order valence-corrected chi connectivity index (χ0v) is 6.75. The van der Waals surface area contributed by atoms with E-state index in [-0.39, 0.29) is 0 Å². The van der Waals surface area contributed by atoms with Gasteiger partial charge in [0.1, 0.15) is 0 Å². The van der Waals surface area contributed by atoms with Gasteiger partial charge >= 0.3 is 0 Å². The van der Waals surface area contributed by atoms with Crippen molar-refractivity contribution < 1.29 is 0 Å². The zero-order chi connectivity index (χ0) is 7.23. The summed E-state index contributed by atoms with van der Waals surface area (Å²) in [5.74, 6) is 0. The lowest BCUT2D eigenvalue weighted by atomic mass is 9.96. The second-order valence-electron chi connectivity index (χ2n) is 2.54. The average molecular weight is 155 g/mol. The van der Waals surface area contributed by atoms with Crippen molar-refractivity contribution in [2.75, 3.05) is 0 Å². The van der Waals surface area contributed by atoms with E-state index < -0.39 is 0 Å². The fourth-order valence-corrected chi connectivity index (χ4v) is 1.29. The fraction of sp³-hybridized carbons (Fsp3) is 0.556. The van der Waals surface area contributed by atoms with Crippen LogP contribution in [0.5, 0.6) is 0 Å². The van der Waals surface area contributed by atoms with Crippen LogP contribution >= 0.6 is 11.6 Å². The van der Waals surface area contributed by atoms with Gasteiger partial charge in [0, 0.05) is 0 Å². The molecular formula is C9H11Cl. The molecule has 1 heteroatoms. The highest BCUT2D eigenvalue weighted by Crippen LogP contribution is 2.21. The Labute approximate surface area is 66.9 Å². The van der Waals surface area contributed by atoms with Gasteiger partial charge in [-0.1, -0.05) is 29.5 Å². The maximum atomic E-state index is 5.31. The number of allylic oxidation sites excluding steroid dienone is 1. The highest BCUT2D eigenvalue weighted by Gasteiger charge is 2.02. The standard InChI is InChI=1S/C9H11Cl/c10-8-4-7-9-5-2-1-3-6-9/h8H,1-3,5-6H2. The molecule has 0 aliphatic heterocycles. The van der Waals surface area contributed by atoms with Gasteiger partial charge in [-0.2, -0.15) is 0 Å². The Morgan fingerprint density at radius 2 is 1.90 bits per heavy atom. The van der Waals surface area contributed by atoms with Crippen LogP contribution in [-0.2, 0) is 0 Å². The SMILES string of the molecule is ClC=C=C=C1CCCCC1. The average Bonchev–Trinajstić information content (AvgIpc) is 2.03. The monoisotopic (exact) mass is 154 g/mol. The van der Waals surface area contributed by atoms with E-state index in [1.54, 1.807) is 0 Å². The molecule has 0 nitrogen and oxygen atoms in total. The lowest BCUT2D eigenvalue weighted by molar-refractivity contribution is 0.600.